The van der Waals surface area contributed by atoms with E-state index in [-0.39, 0.29) is 27.1 Å². The summed E-state index contributed by atoms with van der Waals surface area (Å²) in [6.45, 7) is 1.54. The number of aromatic carboxylic acids is 1. The number of benzene rings is 1. The maximum Gasteiger partial charge on any atom is 0.339 e. The monoisotopic (exact) mass is 366 g/mol. The predicted molar refractivity (Wildman–Crippen MR) is 77.2 cm³/mol. The number of halogens is 2. The molecular weight excluding hydrogens is 359 g/mol. The lowest BCUT2D eigenvalue weighted by Crippen LogP contribution is -2.07. The average molecular weight is 367 g/mol. The molecule has 1 aromatic carbocycles. The molecule has 0 amide bonds. The van der Waals surface area contributed by atoms with Gasteiger partial charge in [-0.1, -0.05) is 0 Å². The molecule has 0 saturated heterocycles. The second-order valence-electron chi connectivity index (χ2n) is 4.09. The first-order valence-corrected chi connectivity index (χ1v) is 6.57. The van der Waals surface area contributed by atoms with Crippen LogP contribution in [0.5, 0.6) is 0 Å². The van der Waals surface area contributed by atoms with E-state index in [9.17, 15) is 14.3 Å². The SMILES string of the molecule is Cc1cc(F)c(Br)c(C(=O)O)c1NC=C(C#N)c1nn[nH]n1. The van der Waals surface area contributed by atoms with Crippen molar-refractivity contribution in [3.8, 4) is 6.07 Å². The van der Waals surface area contributed by atoms with Crippen molar-refractivity contribution in [1.29, 1.82) is 5.26 Å². The van der Waals surface area contributed by atoms with E-state index in [1.54, 1.807) is 6.92 Å². The first-order valence-electron chi connectivity index (χ1n) is 5.78. The molecule has 0 aliphatic rings. The second kappa shape index (κ2) is 6.31. The van der Waals surface area contributed by atoms with Crippen molar-refractivity contribution in [2.75, 3.05) is 5.32 Å². The van der Waals surface area contributed by atoms with E-state index in [4.69, 9.17) is 5.26 Å². The van der Waals surface area contributed by atoms with Crippen LogP contribution in [0.15, 0.2) is 16.7 Å². The zero-order chi connectivity index (χ0) is 16.3. The highest BCUT2D eigenvalue weighted by atomic mass is 79.9. The van der Waals surface area contributed by atoms with E-state index in [1.807, 2.05) is 6.07 Å². The summed E-state index contributed by atoms with van der Waals surface area (Å²) in [7, 11) is 0. The molecule has 0 radical (unpaired) electrons. The molecule has 8 nitrogen and oxygen atoms in total. The van der Waals surface area contributed by atoms with E-state index in [2.05, 4.69) is 41.9 Å². The molecular formula is C12H8BrFN6O2. The molecule has 2 rings (SSSR count). The standard InChI is InChI=1S/C12H8BrFN6O2/c1-5-2-7(14)9(13)8(12(21)22)10(5)16-4-6(3-15)11-17-19-20-18-11/h2,4,16H,1H3,(H,21,22)(H,17,18,19,20). The molecule has 10 heteroatoms. The van der Waals surface area contributed by atoms with Gasteiger partial charge in [0.15, 0.2) is 0 Å². The van der Waals surface area contributed by atoms with Crippen molar-refractivity contribution in [2.24, 2.45) is 0 Å². The number of allylic oxidation sites excluding steroid dienone is 1. The summed E-state index contributed by atoms with van der Waals surface area (Å²) in [4.78, 5) is 11.3. The lowest BCUT2D eigenvalue weighted by molar-refractivity contribution is 0.0696. The molecule has 0 aliphatic carbocycles. The summed E-state index contributed by atoms with van der Waals surface area (Å²) >= 11 is 2.91. The van der Waals surface area contributed by atoms with E-state index in [0.717, 1.165) is 0 Å². The van der Waals surface area contributed by atoms with Gasteiger partial charge in [0.05, 0.1) is 10.2 Å². The maximum absolute atomic E-state index is 13.6. The van der Waals surface area contributed by atoms with Crippen LogP contribution in [-0.4, -0.2) is 31.7 Å². The number of aromatic nitrogens is 4. The number of aromatic amines is 1. The van der Waals surface area contributed by atoms with E-state index < -0.39 is 11.8 Å². The Morgan fingerprint density at radius 3 is 2.91 bits per heavy atom. The topological polar surface area (TPSA) is 128 Å². The molecule has 0 spiro atoms. The Bertz CT molecular complexity index is 797. The van der Waals surface area contributed by atoms with Crippen molar-refractivity contribution < 1.29 is 14.3 Å². The van der Waals surface area contributed by atoms with Crippen molar-refractivity contribution in [2.45, 2.75) is 6.92 Å². The maximum atomic E-state index is 13.6. The highest BCUT2D eigenvalue weighted by Crippen LogP contribution is 2.31. The van der Waals surface area contributed by atoms with Gasteiger partial charge in [0.25, 0.3) is 0 Å². The van der Waals surface area contributed by atoms with Crippen LogP contribution in [0.1, 0.15) is 21.7 Å². The van der Waals surface area contributed by atoms with Gasteiger partial charge >= 0.3 is 5.97 Å². The lowest BCUT2D eigenvalue weighted by Gasteiger charge is -2.12. The van der Waals surface area contributed by atoms with E-state index in [0.29, 0.717) is 5.56 Å². The number of aryl methyl sites for hydroxylation is 1. The van der Waals surface area contributed by atoms with Crippen molar-refractivity contribution in [1.82, 2.24) is 20.6 Å². The number of carboxylic acids is 1. The normalized spacial score (nSPS) is 11.1. The van der Waals surface area contributed by atoms with Gasteiger partial charge in [0.2, 0.25) is 5.82 Å². The molecule has 0 bridgehead atoms. The van der Waals surface area contributed by atoms with Gasteiger partial charge < -0.3 is 10.4 Å². The smallest absolute Gasteiger partial charge is 0.339 e. The molecule has 112 valence electrons. The number of nitrogens with one attached hydrogen (secondary N) is 2. The van der Waals surface area contributed by atoms with Crippen LogP contribution < -0.4 is 5.32 Å². The molecule has 0 aliphatic heterocycles. The summed E-state index contributed by atoms with van der Waals surface area (Å²) in [6.07, 6.45) is 1.23. The zero-order valence-corrected chi connectivity index (χ0v) is 12.6. The quantitative estimate of drug-likeness (QED) is 0.706. The first kappa shape index (κ1) is 15.6. The second-order valence-corrected chi connectivity index (χ2v) is 4.89. The number of rotatable bonds is 4. The van der Waals surface area contributed by atoms with Gasteiger partial charge in [0.1, 0.15) is 23.0 Å². The lowest BCUT2D eigenvalue weighted by atomic mass is 10.1. The summed E-state index contributed by atoms with van der Waals surface area (Å²) in [5.74, 6) is -1.96. The fraction of sp³-hybridized carbons (Fsp3) is 0.0833. The largest absolute Gasteiger partial charge is 0.478 e. The first-order chi connectivity index (χ1) is 10.5. The van der Waals surface area contributed by atoms with Gasteiger partial charge in [-0.25, -0.2) is 9.18 Å². The Hall–Kier alpha value is -2.80. The number of tetrazole rings is 1. The Balaban J connectivity index is 2.48. The number of anilines is 1. The highest BCUT2D eigenvalue weighted by molar-refractivity contribution is 9.10. The van der Waals surface area contributed by atoms with Crippen molar-refractivity contribution in [3.63, 3.8) is 0 Å². The highest BCUT2D eigenvalue weighted by Gasteiger charge is 2.20. The summed E-state index contributed by atoms with van der Waals surface area (Å²) in [5.41, 5.74) is 0.265. The molecule has 2 aromatic rings. The van der Waals surface area contributed by atoms with Gasteiger partial charge in [-0.15, -0.1) is 10.2 Å². The van der Waals surface area contributed by atoms with Gasteiger partial charge in [-0.05, 0) is 39.7 Å². The van der Waals surface area contributed by atoms with Crippen LogP contribution in [0, 0.1) is 24.1 Å². The molecule has 3 N–H and O–H groups in total. The fourth-order valence-corrected chi connectivity index (χ4v) is 2.19. The minimum atomic E-state index is -1.32. The molecule has 1 heterocycles. The molecule has 0 unspecified atom stereocenters. The van der Waals surface area contributed by atoms with Crippen molar-refractivity contribution >= 4 is 33.2 Å². The van der Waals surface area contributed by atoms with Gasteiger partial charge in [-0.3, -0.25) is 0 Å². The predicted octanol–water partition coefficient (Wildman–Crippen LogP) is 2.08. The van der Waals surface area contributed by atoms with Crippen molar-refractivity contribution in [3.05, 3.63) is 39.5 Å². The Kier molecular flexibility index (Phi) is 4.47. The van der Waals surface area contributed by atoms with Crippen LogP contribution in [0.4, 0.5) is 10.1 Å². The third kappa shape index (κ3) is 2.94. The number of hydrogen-bond donors (Lipinski definition) is 3. The number of hydrogen-bond acceptors (Lipinski definition) is 6. The molecule has 0 fully saturated rings. The average Bonchev–Trinajstić information content (AvgIpc) is 2.98. The third-order valence-electron chi connectivity index (χ3n) is 2.70. The zero-order valence-electron chi connectivity index (χ0n) is 11.1. The third-order valence-corrected chi connectivity index (χ3v) is 3.47. The minimum absolute atomic E-state index is 0.0323. The molecule has 22 heavy (non-hydrogen) atoms. The molecule has 0 saturated carbocycles. The Morgan fingerprint density at radius 2 is 2.36 bits per heavy atom. The molecule has 0 atom stereocenters. The number of carbonyl (C=O) groups is 1. The molecule has 1 aromatic heterocycles. The van der Waals surface area contributed by atoms with Crippen LogP contribution in [-0.2, 0) is 0 Å². The number of nitriles is 1. The summed E-state index contributed by atoms with van der Waals surface area (Å²) < 4.78 is 13.4. The van der Waals surface area contributed by atoms with E-state index in [1.165, 1.54) is 12.3 Å². The van der Waals surface area contributed by atoms with E-state index >= 15 is 0 Å². The number of nitrogens with zero attached hydrogens (tertiary/aromatic N) is 4. The van der Waals surface area contributed by atoms with Crippen LogP contribution >= 0.6 is 15.9 Å². The van der Waals surface area contributed by atoms with Gasteiger partial charge in [0, 0.05) is 6.20 Å². The Labute approximate surface area is 131 Å². The van der Waals surface area contributed by atoms with Crippen LogP contribution in [0.2, 0.25) is 0 Å². The minimum Gasteiger partial charge on any atom is -0.478 e. The summed E-state index contributed by atoms with van der Waals surface area (Å²) in [5, 5.41) is 33.8. The van der Waals surface area contributed by atoms with Gasteiger partial charge in [-0.2, -0.15) is 10.5 Å². The Morgan fingerprint density at radius 1 is 1.64 bits per heavy atom. The summed E-state index contributed by atoms with van der Waals surface area (Å²) in [6, 6.07) is 3.02. The fourth-order valence-electron chi connectivity index (χ4n) is 1.71. The number of carboxylic acid groups (broad SMARTS) is 1. The number of H-pyrrole nitrogens is 1. The van der Waals surface area contributed by atoms with Crippen LogP contribution in [0.25, 0.3) is 5.57 Å². The van der Waals surface area contributed by atoms with Crippen LogP contribution in [0.3, 0.4) is 0 Å².